The second-order valence-corrected chi connectivity index (χ2v) is 5.76. The number of benzene rings is 1. The number of hydrogen-bond donors (Lipinski definition) is 1. The van der Waals surface area contributed by atoms with E-state index in [0.717, 1.165) is 18.9 Å². The van der Waals surface area contributed by atoms with Crippen LogP contribution in [0.4, 0.5) is 10.1 Å². The lowest BCUT2D eigenvalue weighted by molar-refractivity contribution is -0.126. The van der Waals surface area contributed by atoms with Crippen molar-refractivity contribution in [2.24, 2.45) is 5.92 Å². The number of carbonyl (C=O) groups excluding carboxylic acids is 2. The zero-order chi connectivity index (χ0) is 14.3. The highest BCUT2D eigenvalue weighted by Gasteiger charge is 2.35. The molecule has 0 unspecified atom stereocenters. The largest absolute Gasteiger partial charge is 0.368 e. The molecule has 1 N–H and O–H groups in total. The number of piperidine rings is 1. The van der Waals surface area contributed by atoms with Gasteiger partial charge in [0.15, 0.2) is 6.29 Å². The summed E-state index contributed by atoms with van der Waals surface area (Å²) in [4.78, 5) is 24.9. The van der Waals surface area contributed by atoms with Gasteiger partial charge >= 0.3 is 0 Å². The number of amides is 1. The Bertz CT molecular complexity index is 579. The van der Waals surface area contributed by atoms with Crippen molar-refractivity contribution in [1.82, 2.24) is 5.32 Å². The van der Waals surface area contributed by atoms with Crippen molar-refractivity contribution >= 4 is 29.5 Å². The molecule has 6 heteroatoms. The molecule has 3 aliphatic rings. The summed E-state index contributed by atoms with van der Waals surface area (Å²) >= 11 is 5.89. The van der Waals surface area contributed by atoms with Crippen LogP contribution in [0, 0.1) is 11.7 Å². The van der Waals surface area contributed by atoms with E-state index in [-0.39, 0.29) is 28.5 Å². The van der Waals surface area contributed by atoms with Crippen molar-refractivity contribution in [3.05, 3.63) is 28.5 Å². The van der Waals surface area contributed by atoms with Gasteiger partial charge in [-0.1, -0.05) is 11.6 Å². The highest BCUT2D eigenvalue weighted by Crippen LogP contribution is 2.31. The van der Waals surface area contributed by atoms with E-state index in [1.165, 1.54) is 0 Å². The SMILES string of the molecule is O=Cc1c(F)cc(Cl)cc1N1C[C@@H]2CC[C@H](C1)C(=O)N2. The summed E-state index contributed by atoms with van der Waals surface area (Å²) in [5.74, 6) is -0.701. The van der Waals surface area contributed by atoms with E-state index in [0.29, 0.717) is 25.1 Å². The molecule has 0 saturated carbocycles. The molecular weight excluding hydrogens is 283 g/mol. The van der Waals surface area contributed by atoms with E-state index in [2.05, 4.69) is 5.32 Å². The van der Waals surface area contributed by atoms with Gasteiger partial charge in [0.05, 0.1) is 17.2 Å². The Morgan fingerprint density at radius 1 is 1.35 bits per heavy atom. The molecule has 0 spiro atoms. The first-order valence-corrected chi connectivity index (χ1v) is 6.96. The topological polar surface area (TPSA) is 49.4 Å². The van der Waals surface area contributed by atoms with E-state index in [1.807, 2.05) is 4.90 Å². The number of halogens is 2. The monoisotopic (exact) mass is 296 g/mol. The van der Waals surface area contributed by atoms with E-state index >= 15 is 0 Å². The maximum atomic E-state index is 13.8. The van der Waals surface area contributed by atoms with Crippen molar-refractivity contribution in [2.75, 3.05) is 18.0 Å². The highest BCUT2D eigenvalue weighted by molar-refractivity contribution is 6.31. The van der Waals surface area contributed by atoms with E-state index in [9.17, 15) is 14.0 Å². The first kappa shape index (κ1) is 13.4. The Hall–Kier alpha value is -1.62. The van der Waals surface area contributed by atoms with Crippen molar-refractivity contribution in [1.29, 1.82) is 0 Å². The van der Waals surface area contributed by atoms with E-state index < -0.39 is 5.82 Å². The van der Waals surface area contributed by atoms with Crippen LogP contribution in [0.2, 0.25) is 5.02 Å². The van der Waals surface area contributed by atoms with Crippen LogP contribution < -0.4 is 10.2 Å². The second kappa shape index (κ2) is 5.05. The Morgan fingerprint density at radius 2 is 2.15 bits per heavy atom. The first-order chi connectivity index (χ1) is 9.58. The molecule has 3 saturated heterocycles. The zero-order valence-corrected chi connectivity index (χ0v) is 11.5. The van der Waals surface area contributed by atoms with Crippen LogP contribution in [0.25, 0.3) is 0 Å². The average Bonchev–Trinajstić information content (AvgIpc) is 2.68. The van der Waals surface area contributed by atoms with Gasteiger partial charge in [-0.05, 0) is 25.0 Å². The number of fused-ring (bicyclic) bond motifs is 4. The summed E-state index contributed by atoms with van der Waals surface area (Å²) in [5, 5.41) is 3.20. The predicted molar refractivity (Wildman–Crippen MR) is 73.7 cm³/mol. The minimum Gasteiger partial charge on any atom is -0.368 e. The summed E-state index contributed by atoms with van der Waals surface area (Å²) in [6, 6.07) is 2.76. The van der Waals surface area contributed by atoms with Gasteiger partial charge < -0.3 is 10.2 Å². The van der Waals surface area contributed by atoms with Crippen LogP contribution in [0.15, 0.2) is 12.1 Å². The highest BCUT2D eigenvalue weighted by atomic mass is 35.5. The smallest absolute Gasteiger partial charge is 0.225 e. The molecular formula is C14H14ClFN2O2. The zero-order valence-electron chi connectivity index (χ0n) is 10.7. The lowest BCUT2D eigenvalue weighted by Gasteiger charge is -2.26. The van der Waals surface area contributed by atoms with Crippen LogP contribution in [-0.2, 0) is 4.79 Å². The van der Waals surface area contributed by atoms with Gasteiger partial charge in [-0.25, -0.2) is 4.39 Å². The molecule has 3 fully saturated rings. The third-order valence-electron chi connectivity index (χ3n) is 3.99. The van der Waals surface area contributed by atoms with Crippen LogP contribution >= 0.6 is 11.6 Å². The molecule has 3 heterocycles. The van der Waals surface area contributed by atoms with Gasteiger partial charge in [0, 0.05) is 24.2 Å². The van der Waals surface area contributed by atoms with E-state index in [4.69, 9.17) is 11.6 Å². The molecule has 4 rings (SSSR count). The number of rotatable bonds is 2. The van der Waals surface area contributed by atoms with Crippen LogP contribution in [-0.4, -0.2) is 31.3 Å². The number of nitrogens with one attached hydrogen (secondary N) is 1. The summed E-state index contributed by atoms with van der Waals surface area (Å²) in [6.45, 7) is 1.06. The molecule has 20 heavy (non-hydrogen) atoms. The molecule has 0 radical (unpaired) electrons. The molecule has 2 atom stereocenters. The minimum atomic E-state index is -0.627. The second-order valence-electron chi connectivity index (χ2n) is 5.32. The Labute approximate surface area is 120 Å². The van der Waals surface area contributed by atoms with Crippen LogP contribution in [0.3, 0.4) is 0 Å². The molecule has 0 aliphatic carbocycles. The molecule has 1 aromatic rings. The number of anilines is 1. The quantitative estimate of drug-likeness (QED) is 0.849. The Balaban J connectivity index is 2.01. The maximum absolute atomic E-state index is 13.8. The number of nitrogens with zero attached hydrogens (tertiary/aromatic N) is 1. The molecule has 106 valence electrons. The Morgan fingerprint density at radius 3 is 2.85 bits per heavy atom. The summed E-state index contributed by atoms with van der Waals surface area (Å²) in [7, 11) is 0. The van der Waals surface area contributed by atoms with Crippen molar-refractivity contribution in [3.63, 3.8) is 0 Å². The van der Waals surface area contributed by atoms with Crippen molar-refractivity contribution in [3.8, 4) is 0 Å². The summed E-state index contributed by atoms with van der Waals surface area (Å²) in [5.41, 5.74) is 0.474. The molecule has 1 amide bonds. The number of hydrogen-bond acceptors (Lipinski definition) is 3. The van der Waals surface area contributed by atoms with Gasteiger partial charge in [-0.15, -0.1) is 0 Å². The minimum absolute atomic E-state index is 0.00292. The summed E-state index contributed by atoms with van der Waals surface area (Å²) in [6.07, 6.45) is 2.24. The molecule has 0 aromatic heterocycles. The van der Waals surface area contributed by atoms with Gasteiger partial charge in [0.2, 0.25) is 5.91 Å². The van der Waals surface area contributed by atoms with Crippen molar-refractivity contribution < 1.29 is 14.0 Å². The van der Waals surface area contributed by atoms with Gasteiger partial charge in [-0.3, -0.25) is 9.59 Å². The fourth-order valence-electron chi connectivity index (χ4n) is 2.99. The van der Waals surface area contributed by atoms with Gasteiger partial charge in [-0.2, -0.15) is 0 Å². The van der Waals surface area contributed by atoms with Gasteiger partial charge in [0.1, 0.15) is 5.82 Å². The predicted octanol–water partition coefficient (Wildman–Crippen LogP) is 2.01. The molecule has 4 nitrogen and oxygen atoms in total. The fourth-order valence-corrected chi connectivity index (χ4v) is 3.19. The number of carbonyl (C=O) groups is 2. The van der Waals surface area contributed by atoms with Gasteiger partial charge in [0.25, 0.3) is 0 Å². The average molecular weight is 297 g/mol. The van der Waals surface area contributed by atoms with Crippen LogP contribution in [0.5, 0.6) is 0 Å². The normalized spacial score (nSPS) is 25.3. The molecule has 1 aromatic carbocycles. The standard InChI is InChI=1S/C14H14ClFN2O2/c15-9-3-12(16)11(7-19)13(4-9)18-5-8-1-2-10(6-18)17-14(8)20/h3-4,7-8,10H,1-2,5-6H2,(H,17,20)/t8-,10+/m1/s1. The lowest BCUT2D eigenvalue weighted by Crippen LogP contribution is -2.43. The lowest BCUT2D eigenvalue weighted by atomic mass is 9.96. The van der Waals surface area contributed by atoms with Crippen molar-refractivity contribution in [2.45, 2.75) is 18.9 Å². The number of aldehydes is 1. The molecule has 3 aliphatic heterocycles. The molecule has 2 bridgehead atoms. The third kappa shape index (κ3) is 2.26. The third-order valence-corrected chi connectivity index (χ3v) is 4.21. The fraction of sp³-hybridized carbons (Fsp3) is 0.429. The maximum Gasteiger partial charge on any atom is 0.225 e. The first-order valence-electron chi connectivity index (χ1n) is 6.58. The summed E-state index contributed by atoms with van der Waals surface area (Å²) < 4.78 is 13.8. The Kier molecular flexibility index (Phi) is 3.38. The van der Waals surface area contributed by atoms with E-state index in [1.54, 1.807) is 6.07 Å². The van der Waals surface area contributed by atoms with Crippen LogP contribution in [0.1, 0.15) is 23.2 Å².